The third-order valence-corrected chi connectivity index (χ3v) is 4.59. The summed E-state index contributed by atoms with van der Waals surface area (Å²) in [4.78, 5) is 24.0. The molecule has 0 aliphatic carbocycles. The van der Waals surface area contributed by atoms with Crippen molar-refractivity contribution >= 4 is 34.9 Å². The third-order valence-electron chi connectivity index (χ3n) is 4.03. The van der Waals surface area contributed by atoms with Crippen LogP contribution < -0.4 is 14.8 Å². The van der Waals surface area contributed by atoms with Crippen LogP contribution in [0.2, 0.25) is 10.0 Å². The predicted octanol–water partition coefficient (Wildman–Crippen LogP) is 4.85. The molecule has 1 amide bonds. The molecule has 0 aromatic heterocycles. The van der Waals surface area contributed by atoms with Gasteiger partial charge < -0.3 is 14.8 Å². The maximum absolute atomic E-state index is 12.5. The van der Waals surface area contributed by atoms with E-state index in [1.165, 1.54) is 14.0 Å². The van der Waals surface area contributed by atoms with Gasteiger partial charge in [0, 0.05) is 15.6 Å². The van der Waals surface area contributed by atoms with Crippen LogP contribution in [0.3, 0.4) is 0 Å². The average molecular weight is 410 g/mol. The van der Waals surface area contributed by atoms with Gasteiger partial charge in [0.15, 0.2) is 23.4 Å². The molecule has 2 atom stereocenters. The van der Waals surface area contributed by atoms with Gasteiger partial charge in [0.25, 0.3) is 5.91 Å². The first-order chi connectivity index (χ1) is 12.7. The largest absolute Gasteiger partial charge is 0.493 e. The molecule has 0 saturated heterocycles. The molecule has 27 heavy (non-hydrogen) atoms. The monoisotopic (exact) mass is 409 g/mol. The first-order valence-corrected chi connectivity index (χ1v) is 9.09. The fraction of sp³-hybridized carbons (Fsp3) is 0.300. The van der Waals surface area contributed by atoms with Crippen LogP contribution in [-0.2, 0) is 4.79 Å². The highest BCUT2D eigenvalue weighted by Gasteiger charge is 2.21. The van der Waals surface area contributed by atoms with Crippen molar-refractivity contribution < 1.29 is 19.1 Å². The zero-order chi connectivity index (χ0) is 20.1. The molecule has 0 saturated carbocycles. The molecule has 0 heterocycles. The van der Waals surface area contributed by atoms with Crippen LogP contribution in [0.25, 0.3) is 0 Å². The second-order valence-electron chi connectivity index (χ2n) is 6.08. The van der Waals surface area contributed by atoms with Crippen molar-refractivity contribution in [1.82, 2.24) is 5.32 Å². The molecule has 2 aromatic carbocycles. The molecule has 0 aliphatic heterocycles. The van der Waals surface area contributed by atoms with Crippen LogP contribution in [-0.4, -0.2) is 24.9 Å². The Hall–Kier alpha value is -2.24. The summed E-state index contributed by atoms with van der Waals surface area (Å²) in [6, 6.07) is 9.60. The van der Waals surface area contributed by atoms with E-state index in [1.807, 2.05) is 6.92 Å². The molecule has 0 bridgehead atoms. The molecule has 1 N–H and O–H groups in total. The molecule has 144 valence electrons. The fourth-order valence-corrected chi connectivity index (χ4v) is 3.06. The Morgan fingerprint density at radius 1 is 1.04 bits per heavy atom. The van der Waals surface area contributed by atoms with Crippen molar-refractivity contribution in [2.24, 2.45) is 0 Å². The summed E-state index contributed by atoms with van der Waals surface area (Å²) in [5, 5.41) is 3.86. The number of hydrogen-bond donors (Lipinski definition) is 1. The van der Waals surface area contributed by atoms with Gasteiger partial charge >= 0.3 is 0 Å². The Balaban J connectivity index is 2.08. The van der Waals surface area contributed by atoms with E-state index in [2.05, 4.69) is 5.32 Å². The molecule has 0 spiro atoms. The zero-order valence-electron chi connectivity index (χ0n) is 15.5. The highest BCUT2D eigenvalue weighted by Crippen LogP contribution is 2.30. The minimum atomic E-state index is -0.782. The lowest BCUT2D eigenvalue weighted by atomic mass is 10.1. The van der Waals surface area contributed by atoms with Crippen LogP contribution in [0.5, 0.6) is 11.5 Å². The van der Waals surface area contributed by atoms with Crippen molar-refractivity contribution in [1.29, 1.82) is 0 Å². The Bertz CT molecular complexity index is 854. The van der Waals surface area contributed by atoms with E-state index in [0.29, 0.717) is 27.1 Å². The van der Waals surface area contributed by atoms with Crippen LogP contribution >= 0.6 is 23.2 Å². The van der Waals surface area contributed by atoms with E-state index in [9.17, 15) is 9.59 Å². The second-order valence-corrected chi connectivity index (χ2v) is 6.92. The van der Waals surface area contributed by atoms with E-state index < -0.39 is 6.10 Å². The number of benzene rings is 2. The lowest BCUT2D eigenvalue weighted by Crippen LogP contribution is -2.37. The number of methoxy groups -OCH3 is 1. The highest BCUT2D eigenvalue weighted by atomic mass is 35.5. The number of halogens is 2. The number of ether oxygens (including phenoxy) is 2. The number of ketones is 1. The van der Waals surface area contributed by atoms with Crippen LogP contribution in [0.1, 0.15) is 42.7 Å². The van der Waals surface area contributed by atoms with Crippen molar-refractivity contribution in [2.45, 2.75) is 32.9 Å². The van der Waals surface area contributed by atoms with E-state index in [0.717, 1.165) is 5.56 Å². The molecule has 5 nitrogen and oxygen atoms in total. The van der Waals surface area contributed by atoms with Gasteiger partial charge in [-0.1, -0.05) is 29.3 Å². The minimum absolute atomic E-state index is 0.0840. The Morgan fingerprint density at radius 3 is 2.33 bits per heavy atom. The molecule has 7 heteroatoms. The summed E-state index contributed by atoms with van der Waals surface area (Å²) in [6.07, 6.45) is -0.782. The number of Topliss-reactive ketones (excluding diaryl/α,β-unsaturated/α-hetero) is 1. The Labute approximate surface area is 168 Å². The van der Waals surface area contributed by atoms with Gasteiger partial charge in [-0.05, 0) is 56.7 Å². The van der Waals surface area contributed by atoms with Crippen molar-refractivity contribution in [3.8, 4) is 11.5 Å². The van der Waals surface area contributed by atoms with Crippen LogP contribution in [0.4, 0.5) is 0 Å². The van der Waals surface area contributed by atoms with Gasteiger partial charge in [-0.2, -0.15) is 0 Å². The fourth-order valence-electron chi connectivity index (χ4n) is 2.49. The summed E-state index contributed by atoms with van der Waals surface area (Å²) in [5.74, 6) is 0.365. The lowest BCUT2D eigenvalue weighted by molar-refractivity contribution is -0.127. The van der Waals surface area contributed by atoms with Gasteiger partial charge in [-0.15, -0.1) is 0 Å². The number of carbonyl (C=O) groups excluding carboxylic acids is 2. The summed E-state index contributed by atoms with van der Waals surface area (Å²) in [6.45, 7) is 4.92. The molecule has 0 radical (unpaired) electrons. The van der Waals surface area contributed by atoms with E-state index in [-0.39, 0.29) is 17.7 Å². The third kappa shape index (κ3) is 5.37. The zero-order valence-corrected chi connectivity index (χ0v) is 17.0. The topological polar surface area (TPSA) is 64.6 Å². The van der Waals surface area contributed by atoms with Gasteiger partial charge in [0.1, 0.15) is 0 Å². The van der Waals surface area contributed by atoms with Gasteiger partial charge in [-0.25, -0.2) is 0 Å². The summed E-state index contributed by atoms with van der Waals surface area (Å²) >= 11 is 12.1. The molecule has 2 aromatic rings. The standard InChI is InChI=1S/C20H21Cl2NO4/c1-11(16-7-6-15(21)10-17(16)22)23-20(25)13(3)27-18-8-5-14(12(2)24)9-19(18)26-4/h5-11,13H,1-4H3,(H,23,25)/t11-,13+/m0/s1. The lowest BCUT2D eigenvalue weighted by Gasteiger charge is -2.21. The number of carbonyl (C=O) groups is 2. The molecular weight excluding hydrogens is 389 g/mol. The Morgan fingerprint density at radius 2 is 1.74 bits per heavy atom. The SMILES string of the molecule is COc1cc(C(C)=O)ccc1O[C@H](C)C(=O)N[C@@H](C)c1ccc(Cl)cc1Cl. The molecule has 0 aliphatic rings. The van der Waals surface area contributed by atoms with Gasteiger partial charge in [-0.3, -0.25) is 9.59 Å². The smallest absolute Gasteiger partial charge is 0.261 e. The van der Waals surface area contributed by atoms with Crippen molar-refractivity contribution in [3.05, 3.63) is 57.6 Å². The van der Waals surface area contributed by atoms with Gasteiger partial charge in [0.05, 0.1) is 13.2 Å². The molecule has 0 unspecified atom stereocenters. The predicted molar refractivity (Wildman–Crippen MR) is 106 cm³/mol. The minimum Gasteiger partial charge on any atom is -0.493 e. The number of amides is 1. The van der Waals surface area contributed by atoms with Crippen LogP contribution in [0.15, 0.2) is 36.4 Å². The molecule has 2 rings (SSSR count). The Kier molecular flexibility index (Phi) is 7.11. The number of rotatable bonds is 7. The van der Waals surface area contributed by atoms with Crippen molar-refractivity contribution in [2.75, 3.05) is 7.11 Å². The summed E-state index contributed by atoms with van der Waals surface area (Å²) in [7, 11) is 1.47. The second kappa shape index (κ2) is 9.11. The molecular formula is C20H21Cl2NO4. The van der Waals surface area contributed by atoms with Gasteiger partial charge in [0.2, 0.25) is 0 Å². The maximum Gasteiger partial charge on any atom is 0.261 e. The first kappa shape index (κ1) is 21.1. The highest BCUT2D eigenvalue weighted by molar-refractivity contribution is 6.35. The van der Waals surface area contributed by atoms with Crippen LogP contribution in [0, 0.1) is 0 Å². The normalized spacial score (nSPS) is 12.8. The van der Waals surface area contributed by atoms with E-state index >= 15 is 0 Å². The average Bonchev–Trinajstić information content (AvgIpc) is 2.61. The van der Waals surface area contributed by atoms with Crippen molar-refractivity contribution in [3.63, 3.8) is 0 Å². The molecule has 0 fully saturated rings. The summed E-state index contributed by atoms with van der Waals surface area (Å²) < 4.78 is 11.0. The number of hydrogen-bond acceptors (Lipinski definition) is 4. The summed E-state index contributed by atoms with van der Waals surface area (Å²) in [5.41, 5.74) is 1.26. The number of nitrogens with one attached hydrogen (secondary N) is 1. The quantitative estimate of drug-likeness (QED) is 0.663. The van der Waals surface area contributed by atoms with E-state index in [1.54, 1.807) is 43.3 Å². The first-order valence-electron chi connectivity index (χ1n) is 8.34. The maximum atomic E-state index is 12.5. The van der Waals surface area contributed by atoms with E-state index in [4.69, 9.17) is 32.7 Å².